The highest BCUT2D eigenvalue weighted by Crippen LogP contribution is 2.48. The number of anilines is 3. The molecule has 1 aliphatic carbocycles. The van der Waals surface area contributed by atoms with Gasteiger partial charge in [-0.2, -0.15) is 0 Å². The second kappa shape index (κ2) is 18.0. The number of hydrogen-bond donors (Lipinski definition) is 0. The van der Waals surface area contributed by atoms with Crippen LogP contribution in [0.25, 0.3) is 39.0 Å². The number of fused-ring (bicyclic) bond motifs is 3. The second-order valence-corrected chi connectivity index (χ2v) is 16.2. The average molecular weight is 770 g/mol. The minimum absolute atomic E-state index is 0.151. The van der Waals surface area contributed by atoms with Crippen molar-refractivity contribution in [2.45, 2.75) is 47.0 Å². The summed E-state index contributed by atoms with van der Waals surface area (Å²) in [7, 11) is 1.73. The predicted molar refractivity (Wildman–Crippen MR) is 254 cm³/mol. The Hall–Kier alpha value is -6.48. The molecular formula is C57H55NO. The summed E-state index contributed by atoms with van der Waals surface area (Å²) < 4.78 is 5.49. The van der Waals surface area contributed by atoms with Crippen LogP contribution in [0.1, 0.15) is 54.2 Å². The monoisotopic (exact) mass is 769 g/mol. The Balaban J connectivity index is 0.000000273. The van der Waals surface area contributed by atoms with Gasteiger partial charge in [-0.1, -0.05) is 171 Å². The summed E-state index contributed by atoms with van der Waals surface area (Å²) in [5, 5.41) is 0. The molecule has 0 aliphatic heterocycles. The third-order valence-electron chi connectivity index (χ3n) is 11.4. The Kier molecular flexibility index (Phi) is 12.4. The molecule has 0 saturated heterocycles. The van der Waals surface area contributed by atoms with Gasteiger partial charge in [-0.3, -0.25) is 0 Å². The SMILES string of the molecule is C=C(C)/C=C\C=C(/COC)c1ccc(N(c2ccccc2)c2ccc(-c3ccc(C)c(-c4ccccc4C)c3)cc2)cc1.Cc1ccc2c(c1)C(C)(C)c1ccccc1-2. The lowest BCUT2D eigenvalue weighted by atomic mass is 9.82. The van der Waals surface area contributed by atoms with Crippen molar-refractivity contribution in [2.24, 2.45) is 0 Å². The summed E-state index contributed by atoms with van der Waals surface area (Å²) in [6.45, 7) is 17.6. The quantitative estimate of drug-likeness (QED) is 0.128. The zero-order chi connectivity index (χ0) is 41.5. The van der Waals surface area contributed by atoms with Gasteiger partial charge in [0.1, 0.15) is 0 Å². The van der Waals surface area contributed by atoms with Gasteiger partial charge in [0.15, 0.2) is 0 Å². The standard InChI is InChI=1S/C41H39NO.C16H16/c1-30(2)12-11-14-36(29-43-5)34-22-26-39(27-23-34)42(37-15-7-6-8-16-37)38-24-20-33(21-25-38)35-19-18-32(4)41(28-35)40-17-10-9-13-31(40)3;1-11-8-9-13-12-6-4-5-7-14(12)16(2,3)15(13)10-11/h6-28H,1,29H2,2-5H3;4-10H,1-3H3/b12-11-,36-14+;. The van der Waals surface area contributed by atoms with Crippen molar-refractivity contribution >= 4 is 22.6 Å². The van der Waals surface area contributed by atoms with Gasteiger partial charge in [-0.25, -0.2) is 0 Å². The maximum Gasteiger partial charge on any atom is 0.0718 e. The van der Waals surface area contributed by atoms with E-state index in [4.69, 9.17) is 4.74 Å². The maximum absolute atomic E-state index is 5.49. The largest absolute Gasteiger partial charge is 0.380 e. The summed E-state index contributed by atoms with van der Waals surface area (Å²) in [5.74, 6) is 0. The van der Waals surface area contributed by atoms with Crippen LogP contribution in [0.3, 0.4) is 0 Å². The van der Waals surface area contributed by atoms with E-state index in [0.717, 1.165) is 33.8 Å². The highest BCUT2D eigenvalue weighted by Gasteiger charge is 2.34. The molecule has 1 aliphatic rings. The van der Waals surface area contributed by atoms with Crippen molar-refractivity contribution in [2.75, 3.05) is 18.6 Å². The van der Waals surface area contributed by atoms with Crippen LogP contribution in [0.15, 0.2) is 194 Å². The van der Waals surface area contributed by atoms with Crippen LogP contribution in [-0.2, 0) is 10.2 Å². The van der Waals surface area contributed by atoms with Gasteiger partial charge in [0.05, 0.1) is 6.61 Å². The fourth-order valence-corrected chi connectivity index (χ4v) is 8.15. The first-order chi connectivity index (χ1) is 28.5. The highest BCUT2D eigenvalue weighted by atomic mass is 16.5. The molecule has 0 N–H and O–H groups in total. The number of aryl methyl sites for hydroxylation is 3. The summed E-state index contributed by atoms with van der Waals surface area (Å²) >= 11 is 0. The van der Waals surface area contributed by atoms with Crippen LogP contribution >= 0.6 is 0 Å². The molecule has 0 fully saturated rings. The maximum atomic E-state index is 5.49. The van der Waals surface area contributed by atoms with Crippen LogP contribution in [0.5, 0.6) is 0 Å². The van der Waals surface area contributed by atoms with Crippen LogP contribution in [0.4, 0.5) is 17.1 Å². The van der Waals surface area contributed by atoms with Gasteiger partial charge in [0.25, 0.3) is 0 Å². The van der Waals surface area contributed by atoms with Gasteiger partial charge >= 0.3 is 0 Å². The lowest BCUT2D eigenvalue weighted by Crippen LogP contribution is -2.14. The third-order valence-corrected chi connectivity index (χ3v) is 11.4. The van der Waals surface area contributed by atoms with Crippen molar-refractivity contribution in [1.82, 2.24) is 0 Å². The third kappa shape index (κ3) is 8.99. The molecule has 8 rings (SSSR count). The molecule has 294 valence electrons. The molecule has 0 unspecified atom stereocenters. The van der Waals surface area contributed by atoms with Crippen molar-refractivity contribution in [3.63, 3.8) is 0 Å². The summed E-state index contributed by atoms with van der Waals surface area (Å²) in [6.07, 6.45) is 6.13. The first kappa shape index (κ1) is 40.7. The van der Waals surface area contributed by atoms with E-state index >= 15 is 0 Å². The molecule has 0 amide bonds. The first-order valence-electron chi connectivity index (χ1n) is 20.5. The van der Waals surface area contributed by atoms with E-state index in [-0.39, 0.29) is 5.41 Å². The van der Waals surface area contributed by atoms with E-state index in [9.17, 15) is 0 Å². The van der Waals surface area contributed by atoms with Crippen molar-refractivity contribution in [3.05, 3.63) is 228 Å². The van der Waals surface area contributed by atoms with E-state index in [1.165, 1.54) is 61.2 Å². The molecule has 0 radical (unpaired) electrons. The lowest BCUT2D eigenvalue weighted by molar-refractivity contribution is 0.239. The Morgan fingerprint density at radius 2 is 1.15 bits per heavy atom. The Bertz CT molecular complexity index is 2620. The van der Waals surface area contributed by atoms with E-state index in [0.29, 0.717) is 6.61 Å². The fraction of sp³-hybridized carbons (Fsp3) is 0.158. The molecule has 2 nitrogen and oxygen atoms in total. The number of methoxy groups -OCH3 is 1. The molecule has 0 aromatic heterocycles. The summed E-state index contributed by atoms with van der Waals surface area (Å²) in [6, 6.07) is 59.0. The molecule has 0 atom stereocenters. The van der Waals surface area contributed by atoms with Crippen LogP contribution in [0.2, 0.25) is 0 Å². The molecule has 0 spiro atoms. The number of para-hydroxylation sites is 1. The number of nitrogens with zero attached hydrogens (tertiary/aromatic N) is 1. The highest BCUT2D eigenvalue weighted by molar-refractivity contribution is 5.83. The smallest absolute Gasteiger partial charge is 0.0718 e. The topological polar surface area (TPSA) is 12.5 Å². The minimum atomic E-state index is 0.151. The molecule has 0 bridgehead atoms. The lowest BCUT2D eigenvalue weighted by Gasteiger charge is -2.26. The van der Waals surface area contributed by atoms with Gasteiger partial charge in [-0.05, 0) is 137 Å². The van der Waals surface area contributed by atoms with Crippen molar-refractivity contribution < 1.29 is 4.74 Å². The van der Waals surface area contributed by atoms with Gasteiger partial charge in [0.2, 0.25) is 0 Å². The van der Waals surface area contributed by atoms with Crippen LogP contribution < -0.4 is 4.90 Å². The number of rotatable bonds is 10. The zero-order valence-electron chi connectivity index (χ0n) is 35.6. The summed E-state index contributed by atoms with van der Waals surface area (Å²) in [4.78, 5) is 2.29. The number of hydrogen-bond acceptors (Lipinski definition) is 2. The number of ether oxygens (including phenoxy) is 1. The summed E-state index contributed by atoms with van der Waals surface area (Å²) in [5.41, 5.74) is 21.3. The van der Waals surface area contributed by atoms with Gasteiger partial charge < -0.3 is 9.64 Å². The van der Waals surface area contributed by atoms with Crippen LogP contribution in [0, 0.1) is 20.8 Å². The second-order valence-electron chi connectivity index (χ2n) is 16.2. The average Bonchev–Trinajstić information content (AvgIpc) is 3.47. The predicted octanol–water partition coefficient (Wildman–Crippen LogP) is 15.6. The molecular weight excluding hydrogens is 715 g/mol. The molecule has 7 aromatic rings. The van der Waals surface area contributed by atoms with E-state index in [1.54, 1.807) is 7.11 Å². The number of benzene rings is 7. The Morgan fingerprint density at radius 3 is 1.83 bits per heavy atom. The van der Waals surface area contributed by atoms with E-state index in [1.807, 2.05) is 19.1 Å². The van der Waals surface area contributed by atoms with E-state index in [2.05, 4.69) is 216 Å². The first-order valence-corrected chi connectivity index (χ1v) is 20.5. The van der Waals surface area contributed by atoms with Gasteiger partial charge in [0, 0.05) is 29.6 Å². The molecule has 7 aromatic carbocycles. The Labute approximate surface area is 352 Å². The zero-order valence-corrected chi connectivity index (χ0v) is 35.6. The van der Waals surface area contributed by atoms with Crippen molar-refractivity contribution in [3.8, 4) is 33.4 Å². The molecule has 59 heavy (non-hydrogen) atoms. The molecule has 2 heteroatoms. The normalized spacial score (nSPS) is 12.7. The molecule has 0 heterocycles. The number of allylic oxidation sites excluding steroid dienone is 4. The minimum Gasteiger partial charge on any atom is -0.380 e. The fourth-order valence-electron chi connectivity index (χ4n) is 8.15. The Morgan fingerprint density at radius 1 is 0.576 bits per heavy atom. The van der Waals surface area contributed by atoms with Crippen molar-refractivity contribution in [1.29, 1.82) is 0 Å². The van der Waals surface area contributed by atoms with Crippen LogP contribution in [-0.4, -0.2) is 13.7 Å². The molecule has 0 saturated carbocycles. The van der Waals surface area contributed by atoms with Gasteiger partial charge in [-0.15, -0.1) is 0 Å². The van der Waals surface area contributed by atoms with E-state index < -0.39 is 0 Å².